The third-order valence-corrected chi connectivity index (χ3v) is 9.69. The van der Waals surface area contributed by atoms with Gasteiger partial charge in [-0.05, 0) is 93.5 Å². The van der Waals surface area contributed by atoms with Gasteiger partial charge in [0.2, 0.25) is 0 Å². The summed E-state index contributed by atoms with van der Waals surface area (Å²) in [6.45, 7) is 8.42. The number of fused-ring (bicyclic) bond motifs is 5. The molecule has 3 saturated carbocycles. The molecule has 0 aromatic rings. The van der Waals surface area contributed by atoms with E-state index in [9.17, 15) is 14.4 Å². The van der Waals surface area contributed by atoms with Crippen LogP contribution in [-0.2, 0) is 23.9 Å². The molecule has 0 aromatic heterocycles. The third kappa shape index (κ3) is 3.56. The van der Waals surface area contributed by atoms with Gasteiger partial charge in [0.05, 0.1) is 18.6 Å². The quantitative estimate of drug-likeness (QED) is 0.341. The molecule has 0 aliphatic heterocycles. The molecule has 0 bridgehead atoms. The maximum absolute atomic E-state index is 13.1. The molecule has 180 valence electrons. The van der Waals surface area contributed by atoms with Gasteiger partial charge in [0.25, 0.3) is 0 Å². The molecule has 0 heterocycles. The monoisotopic (exact) mass is 454 g/mol. The molecule has 0 N–H and O–H groups in total. The van der Waals surface area contributed by atoms with Crippen molar-refractivity contribution in [3.05, 3.63) is 11.6 Å². The van der Waals surface area contributed by atoms with Crippen LogP contribution in [0.3, 0.4) is 0 Å². The van der Waals surface area contributed by atoms with Crippen molar-refractivity contribution in [3.63, 3.8) is 0 Å². The van der Waals surface area contributed by atoms with Gasteiger partial charge in [0, 0.05) is 6.42 Å². The highest BCUT2D eigenvalue weighted by molar-refractivity contribution is 5.97. The van der Waals surface area contributed by atoms with Crippen LogP contribution in [0.15, 0.2) is 11.6 Å². The van der Waals surface area contributed by atoms with Crippen LogP contribution in [-0.4, -0.2) is 30.9 Å². The molecular formula is C28H38O5. The van der Waals surface area contributed by atoms with Crippen LogP contribution in [0.1, 0.15) is 72.6 Å². The third-order valence-electron chi connectivity index (χ3n) is 9.69. The molecule has 4 rings (SSSR count). The minimum atomic E-state index is -1.09. The van der Waals surface area contributed by atoms with Gasteiger partial charge in [-0.15, -0.1) is 6.42 Å². The van der Waals surface area contributed by atoms with Crippen molar-refractivity contribution in [2.45, 2.75) is 72.6 Å². The number of hydrogen-bond acceptors (Lipinski definition) is 5. The molecule has 7 atom stereocenters. The highest BCUT2D eigenvalue weighted by atomic mass is 16.6. The van der Waals surface area contributed by atoms with E-state index in [-0.39, 0.29) is 24.4 Å². The maximum atomic E-state index is 13.1. The Balaban J connectivity index is 1.72. The second kappa shape index (κ2) is 8.93. The first-order valence-electron chi connectivity index (χ1n) is 12.8. The molecule has 0 saturated heterocycles. The standard InChI is InChI=1S/C28H38O5/c1-6-28(24(25(30)32-7-2)26(31)33-8-3)14-12-22-23-17(4)15-18-16-19(29)9-10-20(18)21(23)11-13-27(22,28)5/h1,16-17,20-24H,7-15H2,2-5H3/t17-,20?,21?,22?,23?,27+,28+/m1/s1. The average Bonchev–Trinajstić information content (AvgIpc) is 3.07. The summed E-state index contributed by atoms with van der Waals surface area (Å²) < 4.78 is 10.7. The predicted octanol–water partition coefficient (Wildman–Crippen LogP) is 4.74. The van der Waals surface area contributed by atoms with E-state index in [1.165, 1.54) is 5.57 Å². The Kier molecular flexibility index (Phi) is 6.51. The van der Waals surface area contributed by atoms with Crippen molar-refractivity contribution < 1.29 is 23.9 Å². The normalized spacial score (nSPS) is 39.6. The Morgan fingerprint density at radius 1 is 1.15 bits per heavy atom. The van der Waals surface area contributed by atoms with Crippen LogP contribution >= 0.6 is 0 Å². The number of rotatable bonds is 5. The van der Waals surface area contributed by atoms with Crippen LogP contribution in [0.4, 0.5) is 0 Å². The summed E-state index contributed by atoms with van der Waals surface area (Å²) in [6, 6.07) is 0. The molecule has 5 heteroatoms. The second-order valence-electron chi connectivity index (χ2n) is 10.9. The number of esters is 2. The number of allylic oxidation sites excluding steroid dienone is 1. The lowest BCUT2D eigenvalue weighted by Gasteiger charge is -2.58. The van der Waals surface area contributed by atoms with E-state index >= 15 is 0 Å². The summed E-state index contributed by atoms with van der Waals surface area (Å²) in [4.78, 5) is 38.3. The number of ether oxygens (including phenoxy) is 2. The summed E-state index contributed by atoms with van der Waals surface area (Å²) in [6.07, 6.45) is 14.2. The van der Waals surface area contributed by atoms with Crippen LogP contribution in [0, 0.1) is 58.7 Å². The second-order valence-corrected chi connectivity index (χ2v) is 10.9. The van der Waals surface area contributed by atoms with Crippen molar-refractivity contribution in [1.82, 2.24) is 0 Å². The minimum absolute atomic E-state index is 0.201. The van der Waals surface area contributed by atoms with Gasteiger partial charge in [-0.1, -0.05) is 25.3 Å². The summed E-state index contributed by atoms with van der Waals surface area (Å²) in [5.41, 5.74) is 0.104. The zero-order valence-electron chi connectivity index (χ0n) is 20.5. The molecule has 0 radical (unpaired) electrons. The first-order chi connectivity index (χ1) is 15.7. The van der Waals surface area contributed by atoms with Gasteiger partial charge in [0.1, 0.15) is 0 Å². The summed E-state index contributed by atoms with van der Waals surface area (Å²) in [7, 11) is 0. The zero-order valence-corrected chi connectivity index (χ0v) is 20.5. The fourth-order valence-corrected chi connectivity index (χ4v) is 8.41. The van der Waals surface area contributed by atoms with Gasteiger partial charge >= 0.3 is 11.9 Å². The lowest BCUT2D eigenvalue weighted by Crippen LogP contribution is -2.56. The Morgan fingerprint density at radius 2 is 1.82 bits per heavy atom. The molecule has 0 aromatic carbocycles. The smallest absolute Gasteiger partial charge is 0.321 e. The first kappa shape index (κ1) is 24.0. The van der Waals surface area contributed by atoms with E-state index < -0.39 is 23.3 Å². The average molecular weight is 455 g/mol. The minimum Gasteiger partial charge on any atom is -0.465 e. The Labute approximate surface area is 198 Å². The van der Waals surface area contributed by atoms with E-state index in [2.05, 4.69) is 19.8 Å². The van der Waals surface area contributed by atoms with Crippen LogP contribution in [0.25, 0.3) is 0 Å². The van der Waals surface area contributed by atoms with Gasteiger partial charge < -0.3 is 9.47 Å². The maximum Gasteiger partial charge on any atom is 0.321 e. The molecule has 4 unspecified atom stereocenters. The Morgan fingerprint density at radius 3 is 2.42 bits per heavy atom. The summed E-state index contributed by atoms with van der Waals surface area (Å²) in [5, 5.41) is 0. The van der Waals surface area contributed by atoms with Gasteiger partial charge in [0.15, 0.2) is 11.7 Å². The van der Waals surface area contributed by atoms with E-state index in [1.807, 2.05) is 6.08 Å². The number of carbonyl (C=O) groups is 3. The van der Waals surface area contributed by atoms with Crippen molar-refractivity contribution in [2.75, 3.05) is 13.2 Å². The lowest BCUT2D eigenvalue weighted by molar-refractivity contribution is -0.173. The topological polar surface area (TPSA) is 69.7 Å². The van der Waals surface area contributed by atoms with E-state index in [4.69, 9.17) is 15.9 Å². The van der Waals surface area contributed by atoms with Crippen molar-refractivity contribution in [2.24, 2.45) is 46.3 Å². The number of terminal acetylenes is 1. The Hall–Kier alpha value is -2.09. The SMILES string of the molecule is C#C[C@@]1(C(C(=O)OCC)C(=O)OCC)CCC2C3C(CC[C@@]21C)C1CCC(=O)C=C1C[C@H]3C. The first-order valence-corrected chi connectivity index (χ1v) is 12.8. The number of carbonyl (C=O) groups excluding carboxylic acids is 3. The highest BCUT2D eigenvalue weighted by Gasteiger charge is 2.68. The van der Waals surface area contributed by atoms with Crippen molar-refractivity contribution >= 4 is 17.7 Å². The van der Waals surface area contributed by atoms with Crippen LogP contribution in [0.5, 0.6) is 0 Å². The number of ketones is 1. The van der Waals surface area contributed by atoms with E-state index in [1.54, 1.807) is 13.8 Å². The van der Waals surface area contributed by atoms with Gasteiger partial charge in [-0.2, -0.15) is 0 Å². The predicted molar refractivity (Wildman–Crippen MR) is 125 cm³/mol. The highest BCUT2D eigenvalue weighted by Crippen LogP contribution is 2.70. The number of hydrogen-bond donors (Lipinski definition) is 0. The Bertz CT molecular complexity index is 878. The molecule has 3 fully saturated rings. The van der Waals surface area contributed by atoms with Crippen molar-refractivity contribution in [1.29, 1.82) is 0 Å². The van der Waals surface area contributed by atoms with Crippen LogP contribution in [0.2, 0.25) is 0 Å². The van der Waals surface area contributed by atoms with Gasteiger partial charge in [-0.3, -0.25) is 14.4 Å². The molecule has 4 aliphatic rings. The summed E-state index contributed by atoms with van der Waals surface area (Å²) >= 11 is 0. The molecule has 0 amide bonds. The fourth-order valence-electron chi connectivity index (χ4n) is 8.41. The van der Waals surface area contributed by atoms with E-state index in [0.29, 0.717) is 42.4 Å². The lowest BCUT2D eigenvalue weighted by atomic mass is 9.45. The largest absolute Gasteiger partial charge is 0.465 e. The molecule has 4 aliphatic carbocycles. The van der Waals surface area contributed by atoms with Crippen molar-refractivity contribution in [3.8, 4) is 12.3 Å². The molecule has 0 spiro atoms. The molecular weight excluding hydrogens is 416 g/mol. The molecule has 33 heavy (non-hydrogen) atoms. The summed E-state index contributed by atoms with van der Waals surface area (Å²) in [5.74, 6) is 3.40. The van der Waals surface area contributed by atoms with E-state index in [0.717, 1.165) is 32.1 Å². The van der Waals surface area contributed by atoms with Gasteiger partial charge in [-0.25, -0.2) is 0 Å². The van der Waals surface area contributed by atoms with Crippen LogP contribution < -0.4 is 0 Å². The zero-order chi connectivity index (χ0) is 24.0. The fraction of sp³-hybridized carbons (Fsp3) is 0.750. The molecule has 5 nitrogen and oxygen atoms in total.